The van der Waals surface area contributed by atoms with Crippen molar-refractivity contribution in [3.05, 3.63) is 35.9 Å². The fourth-order valence-corrected chi connectivity index (χ4v) is 5.22. The van der Waals surface area contributed by atoms with Crippen LogP contribution >= 0.6 is 0 Å². The number of anilines is 1. The Morgan fingerprint density at radius 3 is 2.34 bits per heavy atom. The largest absolute Gasteiger partial charge is 0.493 e. The predicted molar refractivity (Wildman–Crippen MR) is 135 cm³/mol. The van der Waals surface area contributed by atoms with Gasteiger partial charge in [-0.1, -0.05) is 6.58 Å². The molecule has 1 atom stereocenters. The van der Waals surface area contributed by atoms with Crippen LogP contribution in [-0.2, 0) is 4.79 Å². The summed E-state index contributed by atoms with van der Waals surface area (Å²) in [6.45, 7) is 12.5. The number of nitrogens with zero attached hydrogens (tertiary/aromatic N) is 3. The maximum absolute atomic E-state index is 12.7. The number of benzene rings is 1. The van der Waals surface area contributed by atoms with Gasteiger partial charge in [0.2, 0.25) is 5.91 Å². The summed E-state index contributed by atoms with van der Waals surface area (Å²) >= 11 is 0. The molecular weight excluding hydrogens is 446 g/mol. The van der Waals surface area contributed by atoms with Gasteiger partial charge >= 0.3 is 0 Å². The molecule has 9 nitrogen and oxygen atoms in total. The third-order valence-electron chi connectivity index (χ3n) is 6.96. The summed E-state index contributed by atoms with van der Waals surface area (Å²) in [5, 5.41) is 8.31. The van der Waals surface area contributed by atoms with E-state index in [4.69, 9.17) is 20.3 Å². The molecule has 2 aliphatic rings. The van der Waals surface area contributed by atoms with E-state index in [0.29, 0.717) is 60.8 Å². The van der Waals surface area contributed by atoms with E-state index in [1.807, 2.05) is 42.5 Å². The molecule has 4 rings (SSSR count). The zero-order valence-electron chi connectivity index (χ0n) is 20.8. The number of primary amides is 1. The van der Waals surface area contributed by atoms with Crippen molar-refractivity contribution < 1.29 is 19.1 Å². The van der Waals surface area contributed by atoms with E-state index < -0.39 is 5.91 Å². The Morgan fingerprint density at radius 2 is 1.80 bits per heavy atom. The van der Waals surface area contributed by atoms with Gasteiger partial charge in [0.05, 0.1) is 19.3 Å². The molecule has 0 aliphatic carbocycles. The molecule has 9 heteroatoms. The quantitative estimate of drug-likeness (QED) is 0.558. The summed E-state index contributed by atoms with van der Waals surface area (Å²) < 4.78 is 13.7. The number of nitrogens with two attached hydrogens (primary N) is 1. The smallest absolute Gasteiger partial charge is 0.254 e. The Labute approximate surface area is 206 Å². The van der Waals surface area contributed by atoms with Crippen LogP contribution in [0.5, 0.6) is 11.5 Å². The highest BCUT2D eigenvalue weighted by molar-refractivity contribution is 6.04. The topological polar surface area (TPSA) is 112 Å². The number of piperidine rings is 1. The minimum Gasteiger partial charge on any atom is -0.493 e. The van der Waals surface area contributed by atoms with Gasteiger partial charge in [0, 0.05) is 30.8 Å². The van der Waals surface area contributed by atoms with Crippen LogP contribution in [0.2, 0.25) is 0 Å². The number of carbonyl (C=O) groups is 2. The number of rotatable bonds is 8. The molecule has 1 unspecified atom stereocenters. The lowest BCUT2D eigenvalue weighted by Gasteiger charge is -2.38. The number of likely N-dealkylation sites (tertiary alicyclic amines) is 1. The second-order valence-electron chi connectivity index (χ2n) is 8.99. The van der Waals surface area contributed by atoms with Crippen molar-refractivity contribution in [2.75, 3.05) is 38.2 Å². The van der Waals surface area contributed by atoms with Crippen LogP contribution in [0.3, 0.4) is 0 Å². The van der Waals surface area contributed by atoms with E-state index in [0.717, 1.165) is 36.9 Å². The maximum atomic E-state index is 12.7. The Morgan fingerprint density at radius 1 is 1.17 bits per heavy atom. The molecule has 3 N–H and O–H groups in total. The summed E-state index contributed by atoms with van der Waals surface area (Å²) in [5.41, 5.74) is 8.41. The van der Waals surface area contributed by atoms with Crippen molar-refractivity contribution in [3.63, 3.8) is 0 Å². The van der Waals surface area contributed by atoms with Crippen molar-refractivity contribution in [2.24, 2.45) is 11.7 Å². The number of aromatic nitrogens is 2. The number of nitrogens with one attached hydrogen (secondary N) is 1. The molecule has 1 fully saturated rings. The van der Waals surface area contributed by atoms with E-state index in [1.54, 1.807) is 0 Å². The number of ether oxygens (including phenoxy) is 2. The van der Waals surface area contributed by atoms with Crippen LogP contribution in [0.15, 0.2) is 24.8 Å². The second kappa shape index (κ2) is 10.4. The second-order valence-corrected chi connectivity index (χ2v) is 8.99. The van der Waals surface area contributed by atoms with Crippen LogP contribution in [-0.4, -0.2) is 59.3 Å². The van der Waals surface area contributed by atoms with Crippen LogP contribution in [0.4, 0.5) is 5.82 Å². The van der Waals surface area contributed by atoms with Gasteiger partial charge in [-0.2, -0.15) is 5.10 Å². The first-order chi connectivity index (χ1) is 16.9. The van der Waals surface area contributed by atoms with E-state index in [9.17, 15) is 9.59 Å². The predicted octanol–water partition coefficient (Wildman–Crippen LogP) is 3.54. The van der Waals surface area contributed by atoms with Crippen molar-refractivity contribution in [1.82, 2.24) is 14.7 Å². The van der Waals surface area contributed by atoms with Gasteiger partial charge in [-0.15, -0.1) is 0 Å². The zero-order chi connectivity index (χ0) is 25.1. The average Bonchev–Trinajstić information content (AvgIpc) is 3.26. The molecule has 2 aliphatic heterocycles. The fraction of sp³-hybridized carbons (Fsp3) is 0.500. The fourth-order valence-electron chi connectivity index (χ4n) is 5.22. The highest BCUT2D eigenvalue weighted by Crippen LogP contribution is 2.42. The maximum Gasteiger partial charge on any atom is 0.254 e. The first-order valence-corrected chi connectivity index (χ1v) is 12.4. The van der Waals surface area contributed by atoms with E-state index in [1.165, 1.54) is 6.08 Å². The van der Waals surface area contributed by atoms with Gasteiger partial charge in [0.1, 0.15) is 28.6 Å². The minimum absolute atomic E-state index is 0.0265. The van der Waals surface area contributed by atoms with Crippen molar-refractivity contribution >= 4 is 17.6 Å². The first-order valence-electron chi connectivity index (χ1n) is 12.4. The number of carbonyl (C=O) groups excluding carboxylic acids is 2. The summed E-state index contributed by atoms with van der Waals surface area (Å²) in [4.78, 5) is 26.5. The van der Waals surface area contributed by atoms with Crippen molar-refractivity contribution in [3.8, 4) is 22.8 Å². The van der Waals surface area contributed by atoms with Crippen molar-refractivity contribution in [2.45, 2.75) is 46.1 Å². The van der Waals surface area contributed by atoms with Gasteiger partial charge in [-0.3, -0.25) is 9.59 Å². The number of fused-ring (bicyclic) bond motifs is 1. The average molecular weight is 482 g/mol. The van der Waals surface area contributed by atoms with Gasteiger partial charge in [0.25, 0.3) is 5.91 Å². The third kappa shape index (κ3) is 4.72. The van der Waals surface area contributed by atoms with Crippen LogP contribution in [0.1, 0.15) is 55.1 Å². The highest BCUT2D eigenvalue weighted by Gasteiger charge is 2.36. The molecule has 1 aromatic carbocycles. The summed E-state index contributed by atoms with van der Waals surface area (Å²) in [5.74, 6) is 1.83. The Hall–Kier alpha value is -3.49. The lowest BCUT2D eigenvalue weighted by Crippen LogP contribution is -2.41. The summed E-state index contributed by atoms with van der Waals surface area (Å²) in [7, 11) is 0. The number of hydrogen-bond donors (Lipinski definition) is 2. The molecule has 1 saturated heterocycles. The van der Waals surface area contributed by atoms with Crippen LogP contribution < -0.4 is 20.5 Å². The van der Waals surface area contributed by atoms with Crippen molar-refractivity contribution in [1.29, 1.82) is 0 Å². The van der Waals surface area contributed by atoms with Gasteiger partial charge in [0.15, 0.2) is 0 Å². The Bertz CT molecular complexity index is 1090. The SMILES string of the molecule is C=CC(=O)N1CCC(C2CCNc3c(C(N)=O)c(-c4cc(OCC)c(C)c(OCC)c4)nn32)CC1. The Balaban J connectivity index is 1.74. The van der Waals surface area contributed by atoms with E-state index in [2.05, 4.69) is 11.9 Å². The summed E-state index contributed by atoms with van der Waals surface area (Å²) in [6.07, 6.45) is 4.00. The number of amides is 2. The van der Waals surface area contributed by atoms with E-state index >= 15 is 0 Å². The molecule has 0 spiro atoms. The van der Waals surface area contributed by atoms with Crippen LogP contribution in [0, 0.1) is 12.8 Å². The monoisotopic (exact) mass is 481 g/mol. The third-order valence-corrected chi connectivity index (χ3v) is 6.96. The van der Waals surface area contributed by atoms with Gasteiger partial charge in [-0.05, 0) is 64.2 Å². The van der Waals surface area contributed by atoms with Crippen LogP contribution in [0.25, 0.3) is 11.3 Å². The minimum atomic E-state index is -0.530. The normalized spacial score (nSPS) is 17.9. The molecule has 188 valence electrons. The molecule has 1 aromatic heterocycles. The van der Waals surface area contributed by atoms with Gasteiger partial charge in [-0.25, -0.2) is 4.68 Å². The molecule has 2 aromatic rings. The van der Waals surface area contributed by atoms with E-state index in [-0.39, 0.29) is 11.9 Å². The molecule has 0 radical (unpaired) electrons. The number of hydrogen-bond acceptors (Lipinski definition) is 6. The molecular formula is C26H35N5O4. The molecule has 35 heavy (non-hydrogen) atoms. The van der Waals surface area contributed by atoms with Gasteiger partial charge < -0.3 is 25.4 Å². The lowest BCUT2D eigenvalue weighted by atomic mass is 9.87. The highest BCUT2D eigenvalue weighted by atomic mass is 16.5. The summed E-state index contributed by atoms with van der Waals surface area (Å²) in [6, 6.07) is 3.91. The standard InChI is InChI=1S/C26H35N5O4/c1-5-22(32)30-12-9-17(10-13-30)19-8-11-28-26-23(25(27)33)24(29-31(19)26)18-14-20(34-6-2)16(4)21(15-18)35-7-3/h5,14-15,17,19,28H,1,6-13H2,2-4H3,(H2,27,33). The zero-order valence-corrected chi connectivity index (χ0v) is 20.8. The molecule has 0 saturated carbocycles. The molecule has 3 heterocycles. The first kappa shape index (κ1) is 24.6. The molecule has 2 amide bonds. The lowest BCUT2D eigenvalue weighted by molar-refractivity contribution is -0.127. The Kier molecular flexibility index (Phi) is 7.33. The molecule has 0 bridgehead atoms.